The molecule has 0 amide bonds. The summed E-state index contributed by atoms with van der Waals surface area (Å²) in [5.74, 6) is -0.445. The van der Waals surface area contributed by atoms with E-state index in [1.807, 2.05) is 0 Å². The zero-order valence-electron chi connectivity index (χ0n) is 11.0. The second-order valence-corrected chi connectivity index (χ2v) is 6.05. The van der Waals surface area contributed by atoms with E-state index in [0.29, 0.717) is 5.56 Å². The second kappa shape index (κ2) is 7.32. The van der Waals surface area contributed by atoms with Crippen molar-refractivity contribution in [2.75, 3.05) is 13.2 Å². The maximum atomic E-state index is 11.9. The average Bonchev–Trinajstić information content (AvgIpc) is 2.39. The van der Waals surface area contributed by atoms with Crippen LogP contribution >= 0.6 is 12.2 Å². The zero-order chi connectivity index (χ0) is 15.2. The van der Waals surface area contributed by atoms with E-state index in [1.165, 1.54) is 24.3 Å². The summed E-state index contributed by atoms with van der Waals surface area (Å²) in [6.07, 6.45) is -0.0158. The van der Waals surface area contributed by atoms with Crippen molar-refractivity contribution >= 4 is 33.2 Å². The molecule has 0 fully saturated rings. The van der Waals surface area contributed by atoms with E-state index in [0.717, 1.165) is 0 Å². The fourth-order valence-corrected chi connectivity index (χ4v) is 2.57. The number of carbonyl (C=O) groups excluding carboxylic acids is 1. The van der Waals surface area contributed by atoms with Crippen molar-refractivity contribution in [3.8, 4) is 0 Å². The fourth-order valence-electron chi connectivity index (χ4n) is 1.40. The van der Waals surface area contributed by atoms with Gasteiger partial charge in [0.15, 0.2) is 0 Å². The lowest BCUT2D eigenvalue weighted by Crippen LogP contribution is -2.26. The maximum absolute atomic E-state index is 11.9. The Morgan fingerprint density at radius 1 is 1.35 bits per heavy atom. The van der Waals surface area contributed by atoms with Crippen molar-refractivity contribution in [2.24, 2.45) is 5.73 Å². The summed E-state index contributed by atoms with van der Waals surface area (Å²) in [6.45, 7) is 1.94. The topological polar surface area (TPSA) is 98.5 Å². The van der Waals surface area contributed by atoms with Crippen LogP contribution in [0.25, 0.3) is 0 Å². The van der Waals surface area contributed by atoms with Gasteiger partial charge in [0.1, 0.15) is 4.99 Å². The molecular formula is C12H16N2O4S2. The van der Waals surface area contributed by atoms with Crippen LogP contribution in [0.2, 0.25) is 0 Å². The lowest BCUT2D eigenvalue weighted by molar-refractivity contribution is -0.142. The normalized spacial score (nSPS) is 11.1. The molecule has 1 rings (SSSR count). The number of sulfonamides is 1. The van der Waals surface area contributed by atoms with Crippen molar-refractivity contribution in [3.05, 3.63) is 29.8 Å². The van der Waals surface area contributed by atoms with Crippen LogP contribution < -0.4 is 10.5 Å². The maximum Gasteiger partial charge on any atom is 0.307 e. The third-order valence-corrected chi connectivity index (χ3v) is 4.09. The zero-order valence-corrected chi connectivity index (χ0v) is 12.6. The summed E-state index contributed by atoms with van der Waals surface area (Å²) in [5, 5.41) is 0. The Kier molecular flexibility index (Phi) is 6.05. The third kappa shape index (κ3) is 4.87. The van der Waals surface area contributed by atoms with Crippen LogP contribution in [0.15, 0.2) is 29.2 Å². The minimum atomic E-state index is -3.66. The molecule has 0 radical (unpaired) electrons. The number of nitrogens with two attached hydrogens (primary N) is 1. The molecule has 0 aliphatic carbocycles. The Morgan fingerprint density at radius 2 is 1.95 bits per heavy atom. The molecule has 0 saturated heterocycles. The van der Waals surface area contributed by atoms with Gasteiger partial charge in [0.25, 0.3) is 0 Å². The highest BCUT2D eigenvalue weighted by atomic mass is 32.2. The fraction of sp³-hybridized carbons (Fsp3) is 0.333. The van der Waals surface area contributed by atoms with Gasteiger partial charge in [0.05, 0.1) is 17.9 Å². The Morgan fingerprint density at radius 3 is 2.45 bits per heavy atom. The molecule has 0 unspecified atom stereocenters. The van der Waals surface area contributed by atoms with Crippen LogP contribution in [-0.2, 0) is 19.6 Å². The first kappa shape index (κ1) is 16.5. The van der Waals surface area contributed by atoms with Gasteiger partial charge in [-0.25, -0.2) is 13.1 Å². The minimum absolute atomic E-state index is 0.0157. The number of benzene rings is 1. The van der Waals surface area contributed by atoms with Gasteiger partial charge >= 0.3 is 5.97 Å². The van der Waals surface area contributed by atoms with Crippen molar-refractivity contribution in [2.45, 2.75) is 18.2 Å². The van der Waals surface area contributed by atoms with Crippen LogP contribution in [0.5, 0.6) is 0 Å². The number of nitrogens with one attached hydrogen (secondary N) is 1. The predicted octanol–water partition coefficient (Wildman–Crippen LogP) is 0.552. The molecule has 3 N–H and O–H groups in total. The van der Waals surface area contributed by atoms with E-state index in [-0.39, 0.29) is 29.5 Å². The SMILES string of the molecule is CCOC(=O)CCNS(=O)(=O)c1ccc(C(N)=S)cc1. The summed E-state index contributed by atoms with van der Waals surface area (Å²) in [4.78, 5) is 11.4. The van der Waals surface area contributed by atoms with E-state index >= 15 is 0 Å². The first-order valence-corrected chi connectivity index (χ1v) is 7.81. The Balaban J connectivity index is 2.64. The standard InChI is InChI=1S/C12H16N2O4S2/c1-2-18-11(15)7-8-14-20(16,17)10-5-3-9(4-6-10)12(13)19/h3-6,14H,2,7-8H2,1H3,(H2,13,19). The molecular weight excluding hydrogens is 300 g/mol. The lowest BCUT2D eigenvalue weighted by atomic mass is 10.2. The number of hydrogen-bond donors (Lipinski definition) is 2. The smallest absolute Gasteiger partial charge is 0.307 e. The van der Waals surface area contributed by atoms with Gasteiger partial charge in [-0.1, -0.05) is 24.4 Å². The van der Waals surface area contributed by atoms with Crippen LogP contribution in [0, 0.1) is 0 Å². The summed E-state index contributed by atoms with van der Waals surface area (Å²) in [7, 11) is -3.66. The molecule has 0 aromatic heterocycles. The van der Waals surface area contributed by atoms with Gasteiger partial charge in [-0.3, -0.25) is 4.79 Å². The van der Waals surface area contributed by atoms with Gasteiger partial charge in [-0.05, 0) is 19.1 Å². The second-order valence-electron chi connectivity index (χ2n) is 3.84. The van der Waals surface area contributed by atoms with Gasteiger partial charge in [-0.2, -0.15) is 0 Å². The molecule has 0 aliphatic rings. The van der Waals surface area contributed by atoms with E-state index in [1.54, 1.807) is 6.92 Å². The molecule has 1 aromatic carbocycles. The molecule has 8 heteroatoms. The summed E-state index contributed by atoms with van der Waals surface area (Å²) in [6, 6.07) is 5.87. The molecule has 0 heterocycles. The first-order valence-electron chi connectivity index (χ1n) is 5.92. The summed E-state index contributed by atoms with van der Waals surface area (Å²) in [5.41, 5.74) is 6.02. The van der Waals surface area contributed by atoms with E-state index < -0.39 is 16.0 Å². The number of esters is 1. The number of ether oxygens (including phenoxy) is 1. The van der Waals surface area contributed by atoms with Crippen LogP contribution in [-0.4, -0.2) is 32.5 Å². The van der Waals surface area contributed by atoms with Gasteiger partial charge < -0.3 is 10.5 Å². The predicted molar refractivity (Wildman–Crippen MR) is 78.8 cm³/mol. The highest BCUT2D eigenvalue weighted by Gasteiger charge is 2.14. The van der Waals surface area contributed by atoms with Gasteiger partial charge in [0.2, 0.25) is 10.0 Å². The Hall–Kier alpha value is -1.51. The highest BCUT2D eigenvalue weighted by molar-refractivity contribution is 7.89. The van der Waals surface area contributed by atoms with E-state index in [2.05, 4.69) is 4.72 Å². The van der Waals surface area contributed by atoms with Crippen molar-refractivity contribution in [1.82, 2.24) is 4.72 Å². The molecule has 110 valence electrons. The average molecular weight is 316 g/mol. The van der Waals surface area contributed by atoms with Crippen molar-refractivity contribution in [3.63, 3.8) is 0 Å². The number of thiocarbonyl (C=S) groups is 1. The van der Waals surface area contributed by atoms with Crippen molar-refractivity contribution in [1.29, 1.82) is 0 Å². The first-order chi connectivity index (χ1) is 9.36. The molecule has 6 nitrogen and oxygen atoms in total. The highest BCUT2D eigenvalue weighted by Crippen LogP contribution is 2.10. The molecule has 0 aliphatic heterocycles. The van der Waals surface area contributed by atoms with Crippen LogP contribution in [0.3, 0.4) is 0 Å². The van der Waals surface area contributed by atoms with Gasteiger partial charge in [0, 0.05) is 12.1 Å². The number of hydrogen-bond acceptors (Lipinski definition) is 5. The summed E-state index contributed by atoms with van der Waals surface area (Å²) >= 11 is 4.78. The summed E-state index contributed by atoms with van der Waals surface area (Å²) < 4.78 is 30.9. The van der Waals surface area contributed by atoms with Crippen molar-refractivity contribution < 1.29 is 17.9 Å². The molecule has 0 saturated carbocycles. The quantitative estimate of drug-likeness (QED) is 0.563. The molecule has 20 heavy (non-hydrogen) atoms. The molecule has 0 spiro atoms. The van der Waals surface area contributed by atoms with Crippen LogP contribution in [0.1, 0.15) is 18.9 Å². The van der Waals surface area contributed by atoms with Crippen LogP contribution in [0.4, 0.5) is 0 Å². The Bertz CT molecular complexity index is 582. The molecule has 0 bridgehead atoms. The van der Waals surface area contributed by atoms with E-state index in [9.17, 15) is 13.2 Å². The molecule has 0 atom stereocenters. The minimum Gasteiger partial charge on any atom is -0.466 e. The van der Waals surface area contributed by atoms with Gasteiger partial charge in [-0.15, -0.1) is 0 Å². The number of rotatable bonds is 7. The molecule has 1 aromatic rings. The lowest BCUT2D eigenvalue weighted by Gasteiger charge is -2.07. The van der Waals surface area contributed by atoms with E-state index in [4.69, 9.17) is 22.7 Å². The number of carbonyl (C=O) groups is 1. The monoisotopic (exact) mass is 316 g/mol. The third-order valence-electron chi connectivity index (χ3n) is 2.38. The largest absolute Gasteiger partial charge is 0.466 e. The Labute approximate surface area is 123 Å².